The van der Waals surface area contributed by atoms with Crippen molar-refractivity contribution in [2.24, 2.45) is 7.05 Å². The number of rotatable bonds is 7. The minimum Gasteiger partial charge on any atom is -0.383 e. The molecule has 0 amide bonds. The second kappa shape index (κ2) is 7.84. The van der Waals surface area contributed by atoms with Crippen molar-refractivity contribution in [3.05, 3.63) is 41.7 Å². The van der Waals surface area contributed by atoms with Gasteiger partial charge in [-0.1, -0.05) is 17.8 Å². The summed E-state index contributed by atoms with van der Waals surface area (Å²) in [6, 6.07) is 8.19. The van der Waals surface area contributed by atoms with Gasteiger partial charge in [-0.15, -0.1) is 0 Å². The molecule has 1 aromatic carbocycles. The minimum absolute atomic E-state index is 0.675. The predicted octanol–water partition coefficient (Wildman–Crippen LogP) is 2.18. The number of benzene rings is 1. The van der Waals surface area contributed by atoms with Crippen molar-refractivity contribution in [3.63, 3.8) is 0 Å². The van der Waals surface area contributed by atoms with Crippen LogP contribution >= 0.6 is 11.8 Å². The van der Waals surface area contributed by atoms with Crippen LogP contribution in [0.1, 0.15) is 11.1 Å². The van der Waals surface area contributed by atoms with Crippen molar-refractivity contribution >= 4 is 11.8 Å². The lowest BCUT2D eigenvalue weighted by molar-refractivity contribution is 0.199. The Morgan fingerprint density at radius 1 is 1.48 bits per heavy atom. The molecule has 0 atom stereocenters. The molecule has 6 heteroatoms. The maximum Gasteiger partial charge on any atom is 0.172 e. The van der Waals surface area contributed by atoms with Gasteiger partial charge in [-0.3, -0.25) is 0 Å². The fraction of sp³-hybridized carbons (Fsp3) is 0.333. The molecular formula is C15H18N4OS. The van der Waals surface area contributed by atoms with E-state index in [2.05, 4.69) is 16.4 Å². The van der Waals surface area contributed by atoms with Gasteiger partial charge in [0.2, 0.25) is 0 Å². The van der Waals surface area contributed by atoms with Gasteiger partial charge in [0.15, 0.2) is 5.16 Å². The Labute approximate surface area is 128 Å². The van der Waals surface area contributed by atoms with Crippen molar-refractivity contribution in [2.45, 2.75) is 16.6 Å². The predicted molar refractivity (Wildman–Crippen MR) is 82.1 cm³/mol. The van der Waals surface area contributed by atoms with Gasteiger partial charge in [-0.2, -0.15) is 5.26 Å². The summed E-state index contributed by atoms with van der Waals surface area (Å²) in [5.41, 5.74) is 1.76. The van der Waals surface area contributed by atoms with Crippen LogP contribution in [0, 0.1) is 11.3 Å². The van der Waals surface area contributed by atoms with Crippen LogP contribution in [0.5, 0.6) is 0 Å². The summed E-state index contributed by atoms with van der Waals surface area (Å²) in [5, 5.41) is 13.5. The van der Waals surface area contributed by atoms with Crippen molar-refractivity contribution < 1.29 is 4.74 Å². The molecule has 0 aliphatic rings. The average Bonchev–Trinajstić information content (AvgIpc) is 2.90. The molecule has 0 fully saturated rings. The number of methoxy groups -OCH3 is 1. The Kier molecular flexibility index (Phi) is 5.81. The summed E-state index contributed by atoms with van der Waals surface area (Å²) in [4.78, 5) is 5.19. The Morgan fingerprint density at radius 3 is 3.00 bits per heavy atom. The first-order valence-corrected chi connectivity index (χ1v) is 7.44. The number of aromatic nitrogens is 2. The third-order valence-corrected chi connectivity index (χ3v) is 4.11. The first-order chi connectivity index (χ1) is 10.2. The number of nitrogens with zero attached hydrogens (tertiary/aromatic N) is 3. The lowest BCUT2D eigenvalue weighted by Gasteiger charge is -2.08. The molecule has 5 nitrogen and oxygen atoms in total. The number of imidazole rings is 1. The highest BCUT2D eigenvalue weighted by atomic mass is 32.2. The van der Waals surface area contributed by atoms with Crippen LogP contribution in [-0.2, 0) is 18.3 Å². The molecule has 2 aromatic rings. The zero-order chi connectivity index (χ0) is 15.1. The highest BCUT2D eigenvalue weighted by Gasteiger charge is 2.08. The fourth-order valence-corrected chi connectivity index (χ4v) is 2.68. The summed E-state index contributed by atoms with van der Waals surface area (Å²) in [7, 11) is 3.62. The van der Waals surface area contributed by atoms with Gasteiger partial charge < -0.3 is 14.6 Å². The molecule has 0 radical (unpaired) electrons. The van der Waals surface area contributed by atoms with E-state index in [-0.39, 0.29) is 0 Å². The summed E-state index contributed by atoms with van der Waals surface area (Å²) in [6.45, 7) is 2.20. The number of ether oxygens (including phenoxy) is 1. The summed E-state index contributed by atoms with van der Waals surface area (Å²) in [6.07, 6.45) is 3.64. The fourth-order valence-electron chi connectivity index (χ4n) is 1.82. The van der Waals surface area contributed by atoms with E-state index in [0.717, 1.165) is 28.7 Å². The van der Waals surface area contributed by atoms with Crippen molar-refractivity contribution in [2.75, 3.05) is 20.3 Å². The van der Waals surface area contributed by atoms with Crippen LogP contribution in [0.15, 0.2) is 40.6 Å². The van der Waals surface area contributed by atoms with Gasteiger partial charge in [0.05, 0.1) is 12.2 Å². The molecule has 0 saturated carbocycles. The molecule has 110 valence electrons. The highest BCUT2D eigenvalue weighted by molar-refractivity contribution is 7.99. The first kappa shape index (κ1) is 15.6. The van der Waals surface area contributed by atoms with E-state index in [0.29, 0.717) is 12.2 Å². The van der Waals surface area contributed by atoms with Crippen LogP contribution < -0.4 is 5.32 Å². The Bertz CT molecular complexity index is 633. The lowest BCUT2D eigenvalue weighted by Crippen LogP contribution is -2.18. The minimum atomic E-state index is 0.675. The molecule has 2 rings (SSSR count). The second-order valence-electron chi connectivity index (χ2n) is 4.53. The maximum atomic E-state index is 9.32. The van der Waals surface area contributed by atoms with Crippen LogP contribution in [-0.4, -0.2) is 29.8 Å². The molecule has 0 aliphatic carbocycles. The van der Waals surface area contributed by atoms with Gasteiger partial charge in [-0.25, -0.2) is 4.98 Å². The monoisotopic (exact) mass is 302 g/mol. The molecular weight excluding hydrogens is 284 g/mol. The Morgan fingerprint density at radius 2 is 2.33 bits per heavy atom. The zero-order valence-corrected chi connectivity index (χ0v) is 13.0. The molecule has 1 aromatic heterocycles. The smallest absolute Gasteiger partial charge is 0.172 e. The van der Waals surface area contributed by atoms with E-state index in [1.165, 1.54) is 11.8 Å². The average molecular weight is 302 g/mol. The maximum absolute atomic E-state index is 9.32. The highest BCUT2D eigenvalue weighted by Crippen LogP contribution is 2.29. The van der Waals surface area contributed by atoms with E-state index in [9.17, 15) is 5.26 Å². The molecule has 0 saturated heterocycles. The van der Waals surface area contributed by atoms with E-state index in [1.807, 2.05) is 36.0 Å². The van der Waals surface area contributed by atoms with E-state index in [1.54, 1.807) is 13.3 Å². The molecule has 21 heavy (non-hydrogen) atoms. The quantitative estimate of drug-likeness (QED) is 0.794. The third kappa shape index (κ3) is 4.33. The van der Waals surface area contributed by atoms with Crippen LogP contribution in [0.3, 0.4) is 0 Å². The molecule has 0 unspecified atom stereocenters. The Hall–Kier alpha value is -1.81. The van der Waals surface area contributed by atoms with Crippen LogP contribution in [0.25, 0.3) is 0 Å². The largest absolute Gasteiger partial charge is 0.383 e. The normalized spacial score (nSPS) is 10.5. The lowest BCUT2D eigenvalue weighted by atomic mass is 10.1. The number of aryl methyl sites for hydroxylation is 1. The summed E-state index contributed by atoms with van der Waals surface area (Å²) < 4.78 is 6.92. The molecule has 0 bridgehead atoms. The van der Waals surface area contributed by atoms with Crippen LogP contribution in [0.4, 0.5) is 0 Å². The number of hydrogen-bond acceptors (Lipinski definition) is 5. The van der Waals surface area contributed by atoms with Crippen molar-refractivity contribution in [1.82, 2.24) is 14.9 Å². The Balaban J connectivity index is 2.06. The van der Waals surface area contributed by atoms with Gasteiger partial charge in [0, 0.05) is 44.5 Å². The van der Waals surface area contributed by atoms with Crippen molar-refractivity contribution in [1.29, 1.82) is 5.26 Å². The van der Waals surface area contributed by atoms with Gasteiger partial charge in [0.1, 0.15) is 6.07 Å². The number of nitriles is 1. The van der Waals surface area contributed by atoms with Gasteiger partial charge in [-0.05, 0) is 17.7 Å². The third-order valence-electron chi connectivity index (χ3n) is 2.95. The van der Waals surface area contributed by atoms with E-state index < -0.39 is 0 Å². The number of hydrogen-bond donors (Lipinski definition) is 1. The molecule has 0 aliphatic heterocycles. The van der Waals surface area contributed by atoms with E-state index in [4.69, 9.17) is 4.74 Å². The SMILES string of the molecule is COCCNCc1ccc(Sc2nccn2C)c(C#N)c1. The second-order valence-corrected chi connectivity index (χ2v) is 5.54. The van der Waals surface area contributed by atoms with Gasteiger partial charge >= 0.3 is 0 Å². The molecule has 1 heterocycles. The van der Waals surface area contributed by atoms with Crippen molar-refractivity contribution in [3.8, 4) is 6.07 Å². The standard InChI is InChI=1S/C15H18N4OS/c1-19-7-5-18-15(19)21-14-4-3-12(9-13(14)10-16)11-17-6-8-20-2/h3-5,7,9,17H,6,8,11H2,1-2H3. The number of nitrogens with one attached hydrogen (secondary N) is 1. The topological polar surface area (TPSA) is 62.9 Å². The first-order valence-electron chi connectivity index (χ1n) is 6.62. The molecule has 0 spiro atoms. The zero-order valence-electron chi connectivity index (χ0n) is 12.2. The summed E-state index contributed by atoms with van der Waals surface area (Å²) >= 11 is 1.50. The van der Waals surface area contributed by atoms with E-state index >= 15 is 0 Å². The molecule has 1 N–H and O–H groups in total. The van der Waals surface area contributed by atoms with Gasteiger partial charge in [0.25, 0.3) is 0 Å². The summed E-state index contributed by atoms with van der Waals surface area (Å²) in [5.74, 6) is 0. The van der Waals surface area contributed by atoms with Crippen LogP contribution in [0.2, 0.25) is 0 Å².